The number of nitrogens with zero attached hydrogens (tertiary/aromatic N) is 5. The van der Waals surface area contributed by atoms with Crippen LogP contribution >= 0.6 is 11.6 Å². The predicted molar refractivity (Wildman–Crippen MR) is 96.1 cm³/mol. The molecule has 0 spiro atoms. The van der Waals surface area contributed by atoms with Crippen LogP contribution in [0.5, 0.6) is 0 Å². The molecule has 1 aliphatic heterocycles. The predicted octanol–water partition coefficient (Wildman–Crippen LogP) is 1.98. The minimum atomic E-state index is -0.0336. The maximum absolute atomic E-state index is 12.2. The van der Waals surface area contributed by atoms with Crippen LogP contribution in [0.4, 0.5) is 0 Å². The number of carbonyl (C=O) groups excluding carboxylic acids is 1. The first-order chi connectivity index (χ1) is 12.0. The normalized spacial score (nSPS) is 16.3. The van der Waals surface area contributed by atoms with Crippen molar-refractivity contribution >= 4 is 17.5 Å². The molecule has 134 valence electrons. The third kappa shape index (κ3) is 4.76. The van der Waals surface area contributed by atoms with Gasteiger partial charge in [0.25, 0.3) is 0 Å². The van der Waals surface area contributed by atoms with Crippen molar-refractivity contribution in [3.63, 3.8) is 0 Å². The van der Waals surface area contributed by atoms with Gasteiger partial charge in [0.15, 0.2) is 0 Å². The zero-order valence-electron chi connectivity index (χ0n) is 14.5. The Labute approximate surface area is 152 Å². The summed E-state index contributed by atoms with van der Waals surface area (Å²) in [5.74, 6) is -0.0336. The first kappa shape index (κ1) is 17.8. The first-order valence-corrected chi connectivity index (χ1v) is 8.94. The molecule has 1 fully saturated rings. The highest BCUT2D eigenvalue weighted by Crippen LogP contribution is 2.17. The molecule has 0 saturated carbocycles. The van der Waals surface area contributed by atoms with E-state index in [1.54, 1.807) is 23.1 Å². The van der Waals surface area contributed by atoms with Crippen molar-refractivity contribution in [2.75, 3.05) is 13.1 Å². The lowest BCUT2D eigenvalue weighted by Gasteiger charge is -2.34. The molecule has 2 aromatic heterocycles. The van der Waals surface area contributed by atoms with E-state index in [0.29, 0.717) is 16.9 Å². The summed E-state index contributed by atoms with van der Waals surface area (Å²) in [6.07, 6.45) is 5.36. The van der Waals surface area contributed by atoms with E-state index < -0.39 is 0 Å². The van der Waals surface area contributed by atoms with Crippen LogP contribution in [0.2, 0.25) is 5.15 Å². The zero-order valence-corrected chi connectivity index (χ0v) is 15.3. The molecule has 0 bridgehead atoms. The molecule has 3 rings (SSSR count). The highest BCUT2D eigenvalue weighted by Gasteiger charge is 2.22. The van der Waals surface area contributed by atoms with Gasteiger partial charge in [0.1, 0.15) is 17.4 Å². The number of hydrogen-bond acceptors (Lipinski definition) is 5. The summed E-state index contributed by atoms with van der Waals surface area (Å²) in [4.78, 5) is 18.7. The second-order valence-electron chi connectivity index (χ2n) is 6.64. The summed E-state index contributed by atoms with van der Waals surface area (Å²) in [6, 6.07) is 4.33. The highest BCUT2D eigenvalue weighted by molar-refractivity contribution is 6.29. The molecule has 1 amide bonds. The number of rotatable bonds is 5. The Balaban J connectivity index is 1.51. The van der Waals surface area contributed by atoms with Gasteiger partial charge in [-0.15, -0.1) is 5.10 Å². The number of likely N-dealkylation sites (tertiary alicyclic amines) is 1. The Kier molecular flexibility index (Phi) is 5.65. The molecule has 25 heavy (non-hydrogen) atoms. The third-order valence-electron chi connectivity index (χ3n) is 4.49. The number of hydrogen-bond donors (Lipinski definition) is 1. The molecular weight excluding hydrogens is 340 g/mol. The largest absolute Gasteiger partial charge is 0.352 e. The van der Waals surface area contributed by atoms with Crippen molar-refractivity contribution in [2.24, 2.45) is 0 Å². The van der Waals surface area contributed by atoms with Crippen molar-refractivity contribution in [2.45, 2.75) is 45.3 Å². The summed E-state index contributed by atoms with van der Waals surface area (Å²) < 4.78 is 1.54. The number of aromatic nitrogens is 4. The molecule has 0 radical (unpaired) electrons. The minimum Gasteiger partial charge on any atom is -0.352 e. The average Bonchev–Trinajstić information content (AvgIpc) is 3.04. The van der Waals surface area contributed by atoms with Crippen LogP contribution in [0.3, 0.4) is 0 Å². The monoisotopic (exact) mass is 362 g/mol. The van der Waals surface area contributed by atoms with Gasteiger partial charge < -0.3 is 10.2 Å². The summed E-state index contributed by atoms with van der Waals surface area (Å²) in [6.45, 7) is 6.63. The van der Waals surface area contributed by atoms with E-state index in [1.165, 1.54) is 0 Å². The van der Waals surface area contributed by atoms with Crippen LogP contribution in [-0.2, 0) is 11.3 Å². The van der Waals surface area contributed by atoms with Crippen LogP contribution in [0.25, 0.3) is 11.3 Å². The van der Waals surface area contributed by atoms with Crippen LogP contribution in [-0.4, -0.2) is 56.0 Å². The van der Waals surface area contributed by atoms with E-state index in [0.717, 1.165) is 31.5 Å². The van der Waals surface area contributed by atoms with Gasteiger partial charge in [0.2, 0.25) is 5.91 Å². The smallest absolute Gasteiger partial charge is 0.242 e. The van der Waals surface area contributed by atoms with Gasteiger partial charge in [-0.2, -0.15) is 0 Å². The quantitative estimate of drug-likeness (QED) is 0.823. The molecule has 1 saturated heterocycles. The van der Waals surface area contributed by atoms with Gasteiger partial charge in [-0.25, -0.2) is 9.67 Å². The zero-order chi connectivity index (χ0) is 17.8. The van der Waals surface area contributed by atoms with E-state index in [2.05, 4.69) is 39.4 Å². The fourth-order valence-electron chi connectivity index (χ4n) is 3.02. The Bertz CT molecular complexity index is 706. The highest BCUT2D eigenvalue weighted by atomic mass is 35.5. The van der Waals surface area contributed by atoms with E-state index in [-0.39, 0.29) is 18.5 Å². The molecule has 1 N–H and O–H groups in total. The number of nitrogens with one attached hydrogen (secondary N) is 1. The van der Waals surface area contributed by atoms with Gasteiger partial charge in [-0.05, 0) is 38.8 Å². The maximum Gasteiger partial charge on any atom is 0.242 e. The minimum absolute atomic E-state index is 0.0336. The molecule has 2 aromatic rings. The van der Waals surface area contributed by atoms with Crippen LogP contribution in [0.1, 0.15) is 26.7 Å². The molecule has 3 heterocycles. The second-order valence-corrected chi connectivity index (χ2v) is 7.03. The van der Waals surface area contributed by atoms with Gasteiger partial charge in [-0.1, -0.05) is 16.8 Å². The van der Waals surface area contributed by atoms with E-state index >= 15 is 0 Å². The lowest BCUT2D eigenvalue weighted by molar-refractivity contribution is -0.122. The van der Waals surface area contributed by atoms with Crippen molar-refractivity contribution in [3.05, 3.63) is 29.7 Å². The maximum atomic E-state index is 12.2. The molecule has 7 nitrogen and oxygen atoms in total. The molecule has 0 aliphatic carbocycles. The van der Waals surface area contributed by atoms with Crippen molar-refractivity contribution in [1.82, 2.24) is 30.2 Å². The van der Waals surface area contributed by atoms with Crippen LogP contribution in [0.15, 0.2) is 24.5 Å². The van der Waals surface area contributed by atoms with Crippen LogP contribution in [0, 0.1) is 0 Å². The Morgan fingerprint density at radius 2 is 2.12 bits per heavy atom. The van der Waals surface area contributed by atoms with Gasteiger partial charge in [0.05, 0.1) is 6.20 Å². The SMILES string of the molecule is CC(C)N1CCC(NC(=O)Cn2cc(-c3ccc(Cl)nc3)nn2)CC1. The number of pyridine rings is 1. The molecule has 8 heteroatoms. The van der Waals surface area contributed by atoms with Gasteiger partial charge >= 0.3 is 0 Å². The van der Waals surface area contributed by atoms with Gasteiger partial charge in [0, 0.05) is 36.9 Å². The average molecular weight is 363 g/mol. The molecule has 1 aliphatic rings. The topological polar surface area (TPSA) is 75.9 Å². The van der Waals surface area contributed by atoms with Crippen LogP contribution < -0.4 is 5.32 Å². The lowest BCUT2D eigenvalue weighted by atomic mass is 10.0. The van der Waals surface area contributed by atoms with E-state index in [9.17, 15) is 4.79 Å². The fourth-order valence-corrected chi connectivity index (χ4v) is 3.13. The Morgan fingerprint density at radius 3 is 2.76 bits per heavy atom. The number of halogens is 1. The lowest BCUT2D eigenvalue weighted by Crippen LogP contribution is -2.47. The summed E-state index contributed by atoms with van der Waals surface area (Å²) in [7, 11) is 0. The summed E-state index contributed by atoms with van der Waals surface area (Å²) >= 11 is 5.78. The van der Waals surface area contributed by atoms with Gasteiger partial charge in [-0.3, -0.25) is 4.79 Å². The number of carbonyl (C=O) groups is 1. The third-order valence-corrected chi connectivity index (χ3v) is 4.72. The molecule has 0 unspecified atom stereocenters. The molecule has 0 atom stereocenters. The van der Waals surface area contributed by atoms with E-state index in [4.69, 9.17) is 11.6 Å². The molecule has 0 aromatic carbocycles. The first-order valence-electron chi connectivity index (χ1n) is 8.57. The standard InChI is InChI=1S/C17H23ClN6O/c1-12(2)23-7-5-14(6-8-23)20-17(25)11-24-10-15(21-22-24)13-3-4-16(18)19-9-13/h3-4,9-10,12,14H,5-8,11H2,1-2H3,(H,20,25). The number of amides is 1. The Morgan fingerprint density at radius 1 is 1.36 bits per heavy atom. The number of piperidine rings is 1. The van der Waals surface area contributed by atoms with Crippen molar-refractivity contribution in [1.29, 1.82) is 0 Å². The molecular formula is C17H23ClN6O. The summed E-state index contributed by atoms with van der Waals surface area (Å²) in [5.41, 5.74) is 1.49. The van der Waals surface area contributed by atoms with Crippen molar-refractivity contribution in [3.8, 4) is 11.3 Å². The Hall–Kier alpha value is -1.99. The second kappa shape index (κ2) is 7.93. The fraction of sp³-hybridized carbons (Fsp3) is 0.529. The summed E-state index contributed by atoms with van der Waals surface area (Å²) in [5, 5.41) is 11.6. The van der Waals surface area contributed by atoms with Crippen molar-refractivity contribution < 1.29 is 4.79 Å². The van der Waals surface area contributed by atoms with E-state index in [1.807, 2.05) is 6.07 Å².